The van der Waals surface area contributed by atoms with Gasteiger partial charge < -0.3 is 0 Å². The molecule has 0 aliphatic rings. The largest absolute Gasteiger partial charge is 0.299 e. The summed E-state index contributed by atoms with van der Waals surface area (Å²) in [7, 11) is -3.67. The van der Waals surface area contributed by atoms with E-state index in [0.717, 1.165) is 27.3 Å². The van der Waals surface area contributed by atoms with Gasteiger partial charge in [-0.1, -0.05) is 58.9 Å². The van der Waals surface area contributed by atoms with Gasteiger partial charge in [-0.25, -0.2) is 8.42 Å². The number of hydrogen-bond acceptors (Lipinski definition) is 6. The number of aryl methyl sites for hydroxylation is 2. The number of aromatic nitrogens is 2. The van der Waals surface area contributed by atoms with Gasteiger partial charge in [-0.2, -0.15) is 0 Å². The van der Waals surface area contributed by atoms with Crippen molar-refractivity contribution >= 4 is 38.1 Å². The van der Waals surface area contributed by atoms with E-state index in [1.54, 1.807) is 24.3 Å². The lowest BCUT2D eigenvalue weighted by Crippen LogP contribution is -2.45. The molecule has 0 aliphatic heterocycles. The molecule has 1 amide bonds. The van der Waals surface area contributed by atoms with Gasteiger partial charge >= 0.3 is 0 Å². The number of benzene rings is 2. The van der Waals surface area contributed by atoms with Gasteiger partial charge in [-0.3, -0.25) is 14.4 Å². The first-order valence-electron chi connectivity index (χ1n) is 8.92. The van der Waals surface area contributed by atoms with Crippen molar-refractivity contribution in [3.63, 3.8) is 0 Å². The number of anilines is 2. The van der Waals surface area contributed by atoms with E-state index in [9.17, 15) is 13.2 Å². The van der Waals surface area contributed by atoms with Gasteiger partial charge in [0.1, 0.15) is 11.0 Å². The van der Waals surface area contributed by atoms with Crippen molar-refractivity contribution in [3.05, 3.63) is 59.7 Å². The van der Waals surface area contributed by atoms with Gasteiger partial charge in [0.15, 0.2) is 0 Å². The van der Waals surface area contributed by atoms with Gasteiger partial charge in [0, 0.05) is 5.56 Å². The van der Waals surface area contributed by atoms with E-state index >= 15 is 0 Å². The summed E-state index contributed by atoms with van der Waals surface area (Å²) in [5.74, 6) is -0.484. The molecule has 0 bridgehead atoms. The van der Waals surface area contributed by atoms with Crippen molar-refractivity contribution in [2.24, 2.45) is 0 Å². The van der Waals surface area contributed by atoms with Crippen molar-refractivity contribution < 1.29 is 13.2 Å². The number of carbonyl (C=O) groups excluding carboxylic acids is 1. The smallest absolute Gasteiger partial charge is 0.249 e. The maximum atomic E-state index is 12.8. The van der Waals surface area contributed by atoms with Crippen LogP contribution in [0.3, 0.4) is 0 Å². The van der Waals surface area contributed by atoms with E-state index in [0.29, 0.717) is 15.8 Å². The molecule has 0 spiro atoms. The molecular weight excluding hydrogens is 408 g/mol. The summed E-state index contributed by atoms with van der Waals surface area (Å²) in [6.07, 6.45) is 1.08. The van der Waals surface area contributed by atoms with Crippen LogP contribution in [0.4, 0.5) is 10.8 Å². The molecule has 3 aromatic rings. The van der Waals surface area contributed by atoms with E-state index in [4.69, 9.17) is 0 Å². The number of amides is 1. The van der Waals surface area contributed by atoms with Gasteiger partial charge in [0.05, 0.1) is 11.9 Å². The van der Waals surface area contributed by atoms with E-state index in [1.165, 1.54) is 18.3 Å². The Morgan fingerprint density at radius 3 is 2.10 bits per heavy atom. The second-order valence-corrected chi connectivity index (χ2v) is 9.67. The predicted octanol–water partition coefficient (Wildman–Crippen LogP) is 3.62. The minimum atomic E-state index is -3.67. The number of carbonyl (C=O) groups is 1. The molecule has 1 unspecified atom stereocenters. The van der Waals surface area contributed by atoms with Crippen molar-refractivity contribution in [1.29, 1.82) is 0 Å². The van der Waals surface area contributed by atoms with Crippen molar-refractivity contribution in [2.45, 2.75) is 26.8 Å². The fourth-order valence-electron chi connectivity index (χ4n) is 2.80. The topological polar surface area (TPSA) is 92.3 Å². The lowest BCUT2D eigenvalue weighted by molar-refractivity contribution is -0.116. The molecule has 1 N–H and O–H groups in total. The standard InChI is InChI=1S/C20H22N4O3S2/c1-13-5-9-16(10-6-13)19-22-23-20(28-19)21-18(25)15(3)24(29(4,26)27)17-11-7-14(2)8-12-17/h5-12,15H,1-4H3,(H,21,23,25). The first kappa shape index (κ1) is 20.9. The number of nitrogens with one attached hydrogen (secondary N) is 1. The zero-order valence-corrected chi connectivity index (χ0v) is 18.2. The van der Waals surface area contributed by atoms with E-state index in [2.05, 4.69) is 15.5 Å². The summed E-state index contributed by atoms with van der Waals surface area (Å²) in [5, 5.41) is 11.8. The van der Waals surface area contributed by atoms with Crippen molar-refractivity contribution in [2.75, 3.05) is 15.9 Å². The monoisotopic (exact) mass is 430 g/mol. The Hall–Kier alpha value is -2.78. The number of nitrogens with zero attached hydrogens (tertiary/aromatic N) is 3. The van der Waals surface area contributed by atoms with Crippen LogP contribution >= 0.6 is 11.3 Å². The predicted molar refractivity (Wildman–Crippen MR) is 117 cm³/mol. The minimum Gasteiger partial charge on any atom is -0.299 e. The summed E-state index contributed by atoms with van der Waals surface area (Å²) >= 11 is 1.23. The Morgan fingerprint density at radius 2 is 1.55 bits per heavy atom. The Labute approximate surface area is 174 Å². The molecule has 1 aromatic heterocycles. The Balaban J connectivity index is 1.80. The van der Waals surface area contributed by atoms with Crippen LogP contribution < -0.4 is 9.62 Å². The highest BCUT2D eigenvalue weighted by Gasteiger charge is 2.29. The maximum absolute atomic E-state index is 12.8. The molecular formula is C20H22N4O3S2. The fourth-order valence-corrected chi connectivity index (χ4v) is 4.72. The Kier molecular flexibility index (Phi) is 5.99. The molecule has 9 heteroatoms. The molecule has 0 fully saturated rings. The first-order valence-corrected chi connectivity index (χ1v) is 11.6. The minimum absolute atomic E-state index is 0.315. The molecule has 29 heavy (non-hydrogen) atoms. The van der Waals surface area contributed by atoms with Gasteiger partial charge in [0.2, 0.25) is 21.1 Å². The van der Waals surface area contributed by atoms with Crippen LogP contribution in [0.25, 0.3) is 10.6 Å². The second kappa shape index (κ2) is 8.30. The third-order valence-electron chi connectivity index (χ3n) is 4.33. The molecule has 0 aliphatic carbocycles. The second-order valence-electron chi connectivity index (χ2n) is 6.84. The highest BCUT2D eigenvalue weighted by Crippen LogP contribution is 2.27. The SMILES string of the molecule is Cc1ccc(-c2nnc(NC(=O)C(C)N(c3ccc(C)cc3)S(C)(=O)=O)s2)cc1. The molecule has 0 saturated carbocycles. The zero-order valence-electron chi connectivity index (χ0n) is 16.6. The first-order chi connectivity index (χ1) is 13.6. The molecule has 1 atom stereocenters. The highest BCUT2D eigenvalue weighted by molar-refractivity contribution is 7.92. The zero-order chi connectivity index (χ0) is 21.2. The van der Waals surface area contributed by atoms with Gasteiger partial charge in [-0.15, -0.1) is 10.2 Å². The Morgan fingerprint density at radius 1 is 1.00 bits per heavy atom. The van der Waals surface area contributed by atoms with Crippen LogP contribution in [-0.4, -0.2) is 36.8 Å². The third kappa shape index (κ3) is 4.99. The molecule has 3 rings (SSSR count). The van der Waals surface area contributed by atoms with Gasteiger partial charge in [-0.05, 0) is 32.9 Å². The van der Waals surface area contributed by atoms with E-state index < -0.39 is 22.0 Å². The molecule has 2 aromatic carbocycles. The molecule has 152 valence electrons. The van der Waals surface area contributed by atoms with Crippen molar-refractivity contribution in [1.82, 2.24) is 10.2 Å². The third-order valence-corrected chi connectivity index (χ3v) is 6.46. The van der Waals surface area contributed by atoms with Crippen LogP contribution in [0.5, 0.6) is 0 Å². The number of sulfonamides is 1. The summed E-state index contributed by atoms with van der Waals surface area (Å²) in [6.45, 7) is 5.45. The van der Waals surface area contributed by atoms with Crippen LogP contribution in [-0.2, 0) is 14.8 Å². The van der Waals surface area contributed by atoms with Crippen LogP contribution in [0.2, 0.25) is 0 Å². The summed E-state index contributed by atoms with van der Waals surface area (Å²) < 4.78 is 25.8. The van der Waals surface area contributed by atoms with Crippen molar-refractivity contribution in [3.8, 4) is 10.6 Å². The normalized spacial score (nSPS) is 12.4. The fraction of sp³-hybridized carbons (Fsp3) is 0.250. The van der Waals surface area contributed by atoms with Crippen LogP contribution in [0.1, 0.15) is 18.1 Å². The molecule has 0 radical (unpaired) electrons. The maximum Gasteiger partial charge on any atom is 0.249 e. The number of hydrogen-bond donors (Lipinski definition) is 1. The van der Waals surface area contributed by atoms with E-state index in [1.807, 2.05) is 38.1 Å². The van der Waals surface area contributed by atoms with Crippen LogP contribution in [0.15, 0.2) is 48.5 Å². The number of rotatable bonds is 6. The summed E-state index contributed by atoms with van der Waals surface area (Å²) in [5.41, 5.74) is 3.46. The molecule has 7 nitrogen and oxygen atoms in total. The quantitative estimate of drug-likeness (QED) is 0.645. The Bertz CT molecular complexity index is 1110. The summed E-state index contributed by atoms with van der Waals surface area (Å²) in [6, 6.07) is 13.8. The summed E-state index contributed by atoms with van der Waals surface area (Å²) in [4.78, 5) is 12.8. The van der Waals surface area contributed by atoms with E-state index in [-0.39, 0.29) is 0 Å². The average Bonchev–Trinajstić information content (AvgIpc) is 3.11. The molecule has 1 heterocycles. The average molecular weight is 431 g/mol. The lowest BCUT2D eigenvalue weighted by atomic mass is 10.2. The molecule has 0 saturated heterocycles. The van der Waals surface area contributed by atoms with Gasteiger partial charge in [0.25, 0.3) is 0 Å². The van der Waals surface area contributed by atoms with Crippen LogP contribution in [0, 0.1) is 13.8 Å². The highest BCUT2D eigenvalue weighted by atomic mass is 32.2. The lowest BCUT2D eigenvalue weighted by Gasteiger charge is -2.27.